The first-order valence-corrected chi connectivity index (χ1v) is 9.95. The van der Waals surface area contributed by atoms with Gasteiger partial charge in [0.15, 0.2) is 6.10 Å². The Morgan fingerprint density at radius 3 is 2.18 bits per heavy atom. The van der Waals surface area contributed by atoms with E-state index >= 15 is 0 Å². The van der Waals surface area contributed by atoms with Crippen LogP contribution >= 0.6 is 0 Å². The maximum Gasteiger partial charge on any atom is 0.343 e. The summed E-state index contributed by atoms with van der Waals surface area (Å²) in [6.07, 6.45) is 0.564. The predicted octanol–water partition coefficient (Wildman–Crippen LogP) is 4.04. The third kappa shape index (κ3) is 6.73. The molecule has 1 N–H and O–H groups in total. The first-order valence-electron chi connectivity index (χ1n) is 9.95. The van der Waals surface area contributed by atoms with Gasteiger partial charge in [-0.05, 0) is 67.9 Å². The van der Waals surface area contributed by atoms with Crippen LogP contribution in [0.4, 0.5) is 5.69 Å². The summed E-state index contributed by atoms with van der Waals surface area (Å²) in [5.74, 6) is -0.242. The molecule has 0 saturated carbocycles. The van der Waals surface area contributed by atoms with E-state index in [1.807, 2.05) is 19.1 Å². The number of aryl methyl sites for hydroxylation is 1. The van der Waals surface area contributed by atoms with E-state index in [1.54, 1.807) is 36.4 Å². The van der Waals surface area contributed by atoms with Crippen molar-refractivity contribution in [3.63, 3.8) is 0 Å². The fourth-order valence-electron chi connectivity index (χ4n) is 2.64. The summed E-state index contributed by atoms with van der Waals surface area (Å²) in [6, 6.07) is 19.1. The number of nitro groups is 1. The number of hydrazone groups is 1. The molecule has 0 aromatic heterocycles. The standard InChI is InChI=1S/C24H21N3O6/c1-16-3-7-19(8-4-16)24(29)33-22-11-5-18(6-12-22)15-25-26-23(28)17(2)32-21-13-9-20(10-14-21)27(30)31/h3-15,17H,1-2H3,(H,26,28)/b25-15+. The molecular weight excluding hydrogens is 426 g/mol. The van der Waals surface area contributed by atoms with E-state index in [2.05, 4.69) is 10.5 Å². The minimum Gasteiger partial charge on any atom is -0.481 e. The SMILES string of the molecule is Cc1ccc(C(=O)Oc2ccc(/C=N/NC(=O)C(C)Oc3ccc([N+](=O)[O-])cc3)cc2)cc1. The molecule has 0 bridgehead atoms. The number of ether oxygens (including phenoxy) is 2. The van der Waals surface area contributed by atoms with Crippen molar-refractivity contribution in [3.8, 4) is 11.5 Å². The molecule has 1 amide bonds. The molecule has 0 radical (unpaired) electrons. The van der Waals surface area contributed by atoms with Crippen molar-refractivity contribution in [1.29, 1.82) is 0 Å². The highest BCUT2D eigenvalue weighted by Gasteiger charge is 2.15. The van der Waals surface area contributed by atoms with Crippen LogP contribution in [0.25, 0.3) is 0 Å². The number of non-ortho nitro benzene ring substituents is 1. The number of rotatable bonds is 8. The second kappa shape index (κ2) is 10.7. The summed E-state index contributed by atoms with van der Waals surface area (Å²) in [5.41, 5.74) is 4.48. The monoisotopic (exact) mass is 447 g/mol. The second-order valence-electron chi connectivity index (χ2n) is 7.07. The Hall–Kier alpha value is -4.53. The summed E-state index contributed by atoms with van der Waals surface area (Å²) in [6.45, 7) is 3.47. The molecule has 3 aromatic rings. The normalized spacial score (nSPS) is 11.6. The van der Waals surface area contributed by atoms with Crippen LogP contribution in [0.3, 0.4) is 0 Å². The highest BCUT2D eigenvalue weighted by atomic mass is 16.6. The Morgan fingerprint density at radius 1 is 0.970 bits per heavy atom. The molecule has 0 aliphatic heterocycles. The Morgan fingerprint density at radius 2 is 1.58 bits per heavy atom. The van der Waals surface area contributed by atoms with Crippen LogP contribution in [0, 0.1) is 17.0 Å². The minimum atomic E-state index is -0.868. The molecule has 0 aliphatic carbocycles. The zero-order valence-electron chi connectivity index (χ0n) is 17.9. The molecule has 0 spiro atoms. The molecule has 1 unspecified atom stereocenters. The largest absolute Gasteiger partial charge is 0.481 e. The van der Waals surface area contributed by atoms with E-state index in [0.29, 0.717) is 22.6 Å². The van der Waals surface area contributed by atoms with Crippen LogP contribution in [0.15, 0.2) is 77.9 Å². The fourth-order valence-corrected chi connectivity index (χ4v) is 2.64. The lowest BCUT2D eigenvalue weighted by Gasteiger charge is -2.12. The third-order valence-electron chi connectivity index (χ3n) is 4.50. The molecule has 1 atom stereocenters. The number of amides is 1. The van der Waals surface area contributed by atoms with Crippen LogP contribution < -0.4 is 14.9 Å². The van der Waals surface area contributed by atoms with Crippen molar-refractivity contribution in [2.75, 3.05) is 0 Å². The van der Waals surface area contributed by atoms with Gasteiger partial charge in [0.1, 0.15) is 11.5 Å². The van der Waals surface area contributed by atoms with E-state index in [1.165, 1.54) is 37.4 Å². The van der Waals surface area contributed by atoms with Crippen molar-refractivity contribution in [1.82, 2.24) is 5.43 Å². The smallest absolute Gasteiger partial charge is 0.343 e. The van der Waals surface area contributed by atoms with Crippen LogP contribution in [-0.2, 0) is 4.79 Å². The van der Waals surface area contributed by atoms with Crippen LogP contribution in [0.5, 0.6) is 11.5 Å². The molecule has 168 valence electrons. The van der Waals surface area contributed by atoms with Gasteiger partial charge in [-0.2, -0.15) is 5.10 Å². The number of hydrogen-bond acceptors (Lipinski definition) is 7. The molecule has 9 heteroatoms. The van der Waals surface area contributed by atoms with E-state index in [4.69, 9.17) is 9.47 Å². The number of benzene rings is 3. The maximum absolute atomic E-state index is 12.2. The number of hydrogen-bond donors (Lipinski definition) is 1. The molecular formula is C24H21N3O6. The lowest BCUT2D eigenvalue weighted by atomic mass is 10.1. The lowest BCUT2D eigenvalue weighted by molar-refractivity contribution is -0.384. The zero-order chi connectivity index (χ0) is 23.8. The van der Waals surface area contributed by atoms with Crippen LogP contribution in [-0.4, -0.2) is 29.1 Å². The average molecular weight is 447 g/mol. The van der Waals surface area contributed by atoms with Gasteiger partial charge in [-0.15, -0.1) is 0 Å². The molecule has 0 fully saturated rings. The molecule has 0 heterocycles. The predicted molar refractivity (Wildman–Crippen MR) is 122 cm³/mol. The van der Waals surface area contributed by atoms with Crippen molar-refractivity contribution in [3.05, 3.63) is 99.6 Å². The molecule has 33 heavy (non-hydrogen) atoms. The van der Waals surface area contributed by atoms with Gasteiger partial charge >= 0.3 is 5.97 Å². The summed E-state index contributed by atoms with van der Waals surface area (Å²) in [7, 11) is 0. The highest BCUT2D eigenvalue weighted by Crippen LogP contribution is 2.18. The molecule has 3 rings (SSSR count). The number of esters is 1. The summed E-state index contributed by atoms with van der Waals surface area (Å²) in [4.78, 5) is 34.4. The molecule has 3 aromatic carbocycles. The summed E-state index contributed by atoms with van der Waals surface area (Å²) < 4.78 is 10.8. The van der Waals surface area contributed by atoms with Gasteiger partial charge in [-0.3, -0.25) is 14.9 Å². The summed E-state index contributed by atoms with van der Waals surface area (Å²) in [5, 5.41) is 14.6. The topological polar surface area (TPSA) is 120 Å². The highest BCUT2D eigenvalue weighted by molar-refractivity contribution is 5.91. The Balaban J connectivity index is 1.49. The Labute approximate surface area is 189 Å². The zero-order valence-corrected chi connectivity index (χ0v) is 17.9. The number of nitrogens with zero attached hydrogens (tertiary/aromatic N) is 2. The quantitative estimate of drug-likeness (QED) is 0.183. The van der Waals surface area contributed by atoms with Gasteiger partial charge in [0.25, 0.3) is 11.6 Å². The Kier molecular flexibility index (Phi) is 7.48. The first kappa shape index (κ1) is 23.1. The van der Waals surface area contributed by atoms with E-state index in [9.17, 15) is 19.7 Å². The van der Waals surface area contributed by atoms with Crippen LogP contribution in [0.2, 0.25) is 0 Å². The van der Waals surface area contributed by atoms with E-state index in [0.717, 1.165) is 5.56 Å². The molecule has 0 saturated heterocycles. The Bertz CT molecular complexity index is 1160. The van der Waals surface area contributed by atoms with Crippen molar-refractivity contribution < 1.29 is 24.0 Å². The van der Waals surface area contributed by atoms with Crippen LogP contribution in [0.1, 0.15) is 28.4 Å². The van der Waals surface area contributed by atoms with Gasteiger partial charge in [-0.25, -0.2) is 10.2 Å². The lowest BCUT2D eigenvalue weighted by Crippen LogP contribution is -2.33. The maximum atomic E-state index is 12.2. The second-order valence-corrected chi connectivity index (χ2v) is 7.07. The number of carbonyl (C=O) groups is 2. The fraction of sp³-hybridized carbons (Fsp3) is 0.125. The van der Waals surface area contributed by atoms with Gasteiger partial charge in [0.05, 0.1) is 16.7 Å². The summed E-state index contributed by atoms with van der Waals surface area (Å²) >= 11 is 0. The number of nitrogens with one attached hydrogen (secondary N) is 1. The van der Waals surface area contributed by atoms with E-state index in [-0.39, 0.29) is 5.69 Å². The number of carbonyl (C=O) groups excluding carboxylic acids is 2. The van der Waals surface area contributed by atoms with Gasteiger partial charge in [0, 0.05) is 12.1 Å². The van der Waals surface area contributed by atoms with E-state index < -0.39 is 22.9 Å². The van der Waals surface area contributed by atoms with Gasteiger partial charge in [-0.1, -0.05) is 17.7 Å². The first-order chi connectivity index (χ1) is 15.8. The van der Waals surface area contributed by atoms with Gasteiger partial charge in [0.2, 0.25) is 0 Å². The molecule has 9 nitrogen and oxygen atoms in total. The van der Waals surface area contributed by atoms with Crippen molar-refractivity contribution in [2.45, 2.75) is 20.0 Å². The average Bonchev–Trinajstić information content (AvgIpc) is 2.81. The number of nitro benzene ring substituents is 1. The molecule has 0 aliphatic rings. The minimum absolute atomic E-state index is 0.0695. The van der Waals surface area contributed by atoms with Crippen molar-refractivity contribution in [2.24, 2.45) is 5.10 Å². The van der Waals surface area contributed by atoms with Crippen molar-refractivity contribution >= 4 is 23.8 Å². The van der Waals surface area contributed by atoms with Gasteiger partial charge < -0.3 is 9.47 Å². The third-order valence-corrected chi connectivity index (χ3v) is 4.50.